The summed E-state index contributed by atoms with van der Waals surface area (Å²) in [4.78, 5) is 10.7. The molecule has 0 unspecified atom stereocenters. The molecule has 0 fully saturated rings. The lowest BCUT2D eigenvalue weighted by Gasteiger charge is -2.33. The van der Waals surface area contributed by atoms with Crippen LogP contribution in [-0.4, -0.2) is 37.9 Å². The molecule has 0 aliphatic carbocycles. The van der Waals surface area contributed by atoms with Crippen molar-refractivity contribution in [1.82, 2.24) is 0 Å². The molecular weight excluding hydrogens is 172 g/mol. The van der Waals surface area contributed by atoms with E-state index in [1.165, 1.54) is 14.1 Å². The van der Waals surface area contributed by atoms with Crippen LogP contribution in [-0.2, 0) is 9.53 Å². The summed E-state index contributed by atoms with van der Waals surface area (Å²) in [6, 6.07) is 0. The molecule has 0 spiro atoms. The fourth-order valence-electron chi connectivity index (χ4n) is 0.703. The van der Waals surface area contributed by atoms with Crippen molar-refractivity contribution in [1.29, 1.82) is 0 Å². The van der Waals surface area contributed by atoms with Crippen LogP contribution in [0.2, 0.25) is 0 Å². The Labute approximate surface area is 77.9 Å². The van der Waals surface area contributed by atoms with E-state index < -0.39 is 5.97 Å². The average Bonchev–Trinajstić information content (AvgIpc) is 1.95. The molecule has 0 atom stereocenters. The summed E-state index contributed by atoms with van der Waals surface area (Å²) in [5, 5.41) is 11.0. The molecule has 5 nitrogen and oxygen atoms in total. The summed E-state index contributed by atoms with van der Waals surface area (Å²) in [7, 11) is 3.06. The Kier molecular flexibility index (Phi) is 4.44. The topological polar surface area (TPSA) is 75.4 Å². The predicted molar refractivity (Wildman–Crippen MR) is 49.2 cm³/mol. The Morgan fingerprint density at radius 2 is 2.15 bits per heavy atom. The highest BCUT2D eigenvalue weighted by Gasteiger charge is 2.05. The van der Waals surface area contributed by atoms with Crippen molar-refractivity contribution < 1.29 is 14.2 Å². The van der Waals surface area contributed by atoms with Crippen molar-refractivity contribution in [2.75, 3.05) is 27.2 Å². The van der Waals surface area contributed by atoms with E-state index in [1.807, 2.05) is 0 Å². The van der Waals surface area contributed by atoms with Crippen molar-refractivity contribution in [2.24, 2.45) is 5.73 Å². The van der Waals surface area contributed by atoms with E-state index in [1.54, 1.807) is 0 Å². The zero-order valence-corrected chi connectivity index (χ0v) is 8.08. The molecule has 0 amide bonds. The zero-order valence-electron chi connectivity index (χ0n) is 8.08. The Bertz CT molecular complexity index is 196. The lowest BCUT2D eigenvalue weighted by Crippen LogP contribution is -2.33. The number of nitrogens with two attached hydrogens (primary N) is 1. The monoisotopic (exact) mass is 188 g/mol. The van der Waals surface area contributed by atoms with E-state index in [-0.39, 0.29) is 17.0 Å². The maximum atomic E-state index is 11.0. The first kappa shape index (κ1) is 11.9. The zero-order chi connectivity index (χ0) is 10.5. The van der Waals surface area contributed by atoms with Crippen LogP contribution in [0.4, 0.5) is 0 Å². The minimum atomic E-state index is -0.615. The number of hydrogen-bond donors (Lipinski definition) is 1. The van der Waals surface area contributed by atoms with Crippen molar-refractivity contribution >= 4 is 5.97 Å². The Morgan fingerprint density at radius 3 is 2.54 bits per heavy atom. The maximum absolute atomic E-state index is 11.0. The number of nitrogens with zero attached hydrogens (tertiary/aromatic N) is 1. The summed E-state index contributed by atoms with van der Waals surface area (Å²) < 4.78 is 4.30. The average molecular weight is 188 g/mol. The molecule has 2 N–H and O–H groups in total. The summed E-state index contributed by atoms with van der Waals surface area (Å²) in [6.07, 6.45) is 0.523. The second-order valence-corrected chi connectivity index (χ2v) is 3.31. The van der Waals surface area contributed by atoms with Gasteiger partial charge in [0.1, 0.15) is 5.70 Å². The number of ether oxygens (including phenoxy) is 1. The van der Waals surface area contributed by atoms with E-state index in [4.69, 9.17) is 5.73 Å². The molecular formula is C8H16N2O3. The van der Waals surface area contributed by atoms with Gasteiger partial charge >= 0.3 is 5.97 Å². The first-order valence-electron chi connectivity index (χ1n) is 3.98. The van der Waals surface area contributed by atoms with Gasteiger partial charge < -0.3 is 20.3 Å². The van der Waals surface area contributed by atoms with Crippen molar-refractivity contribution in [3.63, 3.8) is 0 Å². The van der Waals surface area contributed by atoms with Crippen LogP contribution in [0.5, 0.6) is 0 Å². The van der Waals surface area contributed by atoms with Crippen molar-refractivity contribution in [2.45, 2.75) is 6.42 Å². The molecule has 0 aromatic carbocycles. The fraction of sp³-hybridized carbons (Fsp3) is 0.625. The first-order valence-corrected chi connectivity index (χ1v) is 3.98. The van der Waals surface area contributed by atoms with Gasteiger partial charge in [0, 0.05) is 6.42 Å². The summed E-state index contributed by atoms with van der Waals surface area (Å²) >= 11 is 0. The molecule has 0 saturated heterocycles. The van der Waals surface area contributed by atoms with Gasteiger partial charge in [0.25, 0.3) is 0 Å². The van der Waals surface area contributed by atoms with Gasteiger partial charge in [-0.05, 0) is 0 Å². The molecule has 13 heavy (non-hydrogen) atoms. The van der Waals surface area contributed by atoms with Gasteiger partial charge in [0.2, 0.25) is 0 Å². The highest BCUT2D eigenvalue weighted by atomic mass is 16.5. The van der Waals surface area contributed by atoms with Gasteiger partial charge in [-0.25, -0.2) is 4.79 Å². The minimum Gasteiger partial charge on any atom is -0.633 e. The quantitative estimate of drug-likeness (QED) is 0.216. The summed E-state index contributed by atoms with van der Waals surface area (Å²) in [5.74, 6) is -0.615. The normalized spacial score (nSPS) is 11.0. The lowest BCUT2D eigenvalue weighted by atomic mass is 10.4. The third-order valence-corrected chi connectivity index (χ3v) is 1.34. The van der Waals surface area contributed by atoms with Gasteiger partial charge in [-0.3, -0.25) is 0 Å². The molecule has 0 aliphatic rings. The van der Waals surface area contributed by atoms with E-state index in [9.17, 15) is 10.0 Å². The lowest BCUT2D eigenvalue weighted by molar-refractivity contribution is -0.840. The fourth-order valence-corrected chi connectivity index (χ4v) is 0.703. The second-order valence-electron chi connectivity index (χ2n) is 3.31. The molecule has 0 aromatic heterocycles. The number of rotatable bonds is 5. The van der Waals surface area contributed by atoms with Gasteiger partial charge in [0.05, 0.1) is 27.2 Å². The van der Waals surface area contributed by atoms with Gasteiger partial charge in [0.15, 0.2) is 0 Å². The number of quaternary nitrogens is 1. The summed E-state index contributed by atoms with van der Waals surface area (Å²) in [6.45, 7) is 3.83. The third-order valence-electron chi connectivity index (χ3n) is 1.34. The number of hydrogen-bond acceptors (Lipinski definition) is 4. The van der Waals surface area contributed by atoms with Crippen LogP contribution in [0.1, 0.15) is 6.42 Å². The van der Waals surface area contributed by atoms with Crippen LogP contribution >= 0.6 is 0 Å². The van der Waals surface area contributed by atoms with Crippen LogP contribution in [0.25, 0.3) is 0 Å². The number of carbonyl (C=O) groups is 1. The van der Waals surface area contributed by atoms with Gasteiger partial charge in [-0.2, -0.15) is 0 Å². The van der Waals surface area contributed by atoms with Gasteiger partial charge in [-0.15, -0.1) is 0 Å². The Balaban J connectivity index is 3.47. The minimum absolute atomic E-state index is 0.115. The van der Waals surface area contributed by atoms with Crippen LogP contribution in [0.3, 0.4) is 0 Å². The van der Waals surface area contributed by atoms with E-state index in [0.717, 1.165) is 0 Å². The molecule has 0 saturated carbocycles. The molecule has 0 rings (SSSR count). The molecule has 0 heterocycles. The molecule has 0 aliphatic heterocycles. The molecule has 5 heteroatoms. The molecule has 76 valence electrons. The Hall–Kier alpha value is -1.07. The smallest absolute Gasteiger partial charge is 0.353 e. The van der Waals surface area contributed by atoms with Crippen LogP contribution in [0.15, 0.2) is 12.3 Å². The summed E-state index contributed by atoms with van der Waals surface area (Å²) in [5.41, 5.74) is 4.95. The highest BCUT2D eigenvalue weighted by molar-refractivity contribution is 5.86. The number of esters is 1. The molecule has 0 bridgehead atoms. The standard InChI is InChI=1S/C8H16N2O3/c1-7(9)8(11)13-6-4-5-10(2,3)12/h1,4-6,9H2,2-3H3. The van der Waals surface area contributed by atoms with E-state index in [0.29, 0.717) is 13.0 Å². The Morgan fingerprint density at radius 1 is 1.62 bits per heavy atom. The van der Waals surface area contributed by atoms with Gasteiger partial charge in [-0.1, -0.05) is 6.58 Å². The third kappa shape index (κ3) is 7.30. The SMILES string of the molecule is C=C(N)C(=O)OCCC[N+](C)(C)[O-]. The van der Waals surface area contributed by atoms with Crippen LogP contribution in [0, 0.1) is 5.21 Å². The van der Waals surface area contributed by atoms with Crippen LogP contribution < -0.4 is 5.73 Å². The molecule has 0 radical (unpaired) electrons. The molecule has 0 aromatic rings. The predicted octanol–water partition coefficient (Wildman–Crippen LogP) is -0.0337. The van der Waals surface area contributed by atoms with Crippen molar-refractivity contribution in [3.8, 4) is 0 Å². The number of hydroxylamine groups is 3. The number of carbonyl (C=O) groups excluding carboxylic acids is 1. The van der Waals surface area contributed by atoms with Crippen molar-refractivity contribution in [3.05, 3.63) is 17.5 Å². The van der Waals surface area contributed by atoms with E-state index in [2.05, 4.69) is 11.3 Å². The first-order chi connectivity index (χ1) is 5.83. The second kappa shape index (κ2) is 4.84. The van der Waals surface area contributed by atoms with E-state index >= 15 is 0 Å². The largest absolute Gasteiger partial charge is 0.633 e. The maximum Gasteiger partial charge on any atom is 0.353 e. The highest BCUT2D eigenvalue weighted by Crippen LogP contribution is 1.96.